The first-order chi connectivity index (χ1) is 36.2. The highest BCUT2D eigenvalue weighted by molar-refractivity contribution is 8.00. The van der Waals surface area contributed by atoms with Crippen molar-refractivity contribution in [1.82, 2.24) is 61.0 Å². The summed E-state index contributed by atoms with van der Waals surface area (Å²) in [7, 11) is 0. The number of para-hydroxylation sites is 1. The Morgan fingerprint density at radius 2 is 1.42 bits per heavy atom. The molecule has 4 atom stereocenters. The van der Waals surface area contributed by atoms with Gasteiger partial charge in [-0.25, -0.2) is 19.4 Å². The molecule has 8 rings (SSSR count). The van der Waals surface area contributed by atoms with Gasteiger partial charge in [-0.1, -0.05) is 43.5 Å². The van der Waals surface area contributed by atoms with Crippen LogP contribution in [0.15, 0.2) is 73.1 Å². The van der Waals surface area contributed by atoms with E-state index in [0.29, 0.717) is 92.1 Å². The highest BCUT2D eigenvalue weighted by Gasteiger charge is 2.42. The number of amides is 6. The predicted molar refractivity (Wildman–Crippen MR) is 288 cm³/mol. The van der Waals surface area contributed by atoms with Crippen LogP contribution in [0.1, 0.15) is 95.9 Å². The molecular weight excluding hydrogens is 959 g/mol. The number of piperidine rings is 1. The molecule has 19 nitrogen and oxygen atoms in total. The van der Waals surface area contributed by atoms with Crippen LogP contribution in [0.3, 0.4) is 0 Å². The van der Waals surface area contributed by atoms with Gasteiger partial charge in [-0.05, 0) is 87.8 Å². The number of urea groups is 1. The second-order valence-corrected chi connectivity index (χ2v) is 21.1. The van der Waals surface area contributed by atoms with Crippen LogP contribution in [-0.2, 0) is 19.2 Å². The van der Waals surface area contributed by atoms with E-state index < -0.39 is 0 Å². The van der Waals surface area contributed by atoms with Gasteiger partial charge in [0.05, 0.1) is 23.5 Å². The summed E-state index contributed by atoms with van der Waals surface area (Å²) in [5.74, 6) is 2.96. The number of nitrogen functional groups attached to an aromatic ring is 1. The van der Waals surface area contributed by atoms with Crippen LogP contribution < -0.4 is 37.1 Å². The van der Waals surface area contributed by atoms with Crippen molar-refractivity contribution in [2.75, 3.05) is 83.5 Å². The fraction of sp³-hybridized carbons (Fsp3) is 0.556. The summed E-state index contributed by atoms with van der Waals surface area (Å²) in [6.07, 6.45) is 16.2. The van der Waals surface area contributed by atoms with Crippen LogP contribution in [0.2, 0.25) is 0 Å². The van der Waals surface area contributed by atoms with E-state index in [-0.39, 0.29) is 47.8 Å². The molecule has 398 valence electrons. The number of rotatable bonds is 27. The quantitative estimate of drug-likeness (QED) is 0.0250. The van der Waals surface area contributed by atoms with Gasteiger partial charge in [0, 0.05) is 114 Å². The summed E-state index contributed by atoms with van der Waals surface area (Å²) in [6, 6.07) is 17.7. The van der Waals surface area contributed by atoms with Crippen molar-refractivity contribution in [2.45, 2.75) is 113 Å². The number of carbonyl (C=O) groups is 5. The van der Waals surface area contributed by atoms with E-state index in [2.05, 4.69) is 46.4 Å². The van der Waals surface area contributed by atoms with Crippen LogP contribution >= 0.6 is 11.8 Å². The highest BCUT2D eigenvalue weighted by atomic mass is 32.2. The monoisotopic (exact) mass is 1030 g/mol. The summed E-state index contributed by atoms with van der Waals surface area (Å²) in [5, 5.41) is 21.2. The Morgan fingerprint density at radius 3 is 2.14 bits per heavy atom. The second-order valence-electron chi connectivity index (χ2n) is 19.9. The van der Waals surface area contributed by atoms with Crippen LogP contribution in [0.25, 0.3) is 22.3 Å². The molecule has 6 amide bonds. The number of anilines is 1. The third kappa shape index (κ3) is 15.9. The standard InChI is InChI=1S/C54H75N13O6S/c55-52-49-50(39-22-24-42(25-23-39)73-41-15-4-1-5-16-41)63-67(53(49)60-38-59-52)40-14-12-30-66(36-40)48(71)21-13-29-64-32-34-65(35-33-64)31-28-58-47(70)19-7-3-11-26-56-45(68)18-6-2-10-27-57-46(69)20-9-8-17-44-51-43(37-74-44)61-54(72)62-51/h1,4-5,13,15-16,21-25,38,40,43-44,51H,2-3,6-12,14,17-20,26-37H2,(H,56,68)(H,57,69)(H,58,70)(H2,55,59,60)(H2,61,62,72). The highest BCUT2D eigenvalue weighted by Crippen LogP contribution is 2.36. The molecule has 0 aliphatic carbocycles. The number of likely N-dealkylation sites (tertiary alicyclic amines) is 1. The minimum absolute atomic E-state index is 0.00861. The molecule has 6 heterocycles. The van der Waals surface area contributed by atoms with Crippen LogP contribution in [-0.4, -0.2) is 159 Å². The molecule has 74 heavy (non-hydrogen) atoms. The summed E-state index contributed by atoms with van der Waals surface area (Å²) >= 11 is 1.90. The number of carbonyl (C=O) groups excluding carboxylic acids is 5. The summed E-state index contributed by atoms with van der Waals surface area (Å²) in [5.41, 5.74) is 8.64. The van der Waals surface area contributed by atoms with E-state index in [1.807, 2.05) is 82.0 Å². The lowest BCUT2D eigenvalue weighted by molar-refractivity contribution is -0.127. The number of thioether (sulfide) groups is 1. The van der Waals surface area contributed by atoms with Gasteiger partial charge in [-0.15, -0.1) is 0 Å². The molecule has 0 spiro atoms. The third-order valence-electron chi connectivity index (χ3n) is 14.4. The van der Waals surface area contributed by atoms with Crippen molar-refractivity contribution in [3.63, 3.8) is 0 Å². The van der Waals surface area contributed by atoms with Crippen molar-refractivity contribution in [1.29, 1.82) is 0 Å². The largest absolute Gasteiger partial charge is 0.457 e. The molecule has 0 radical (unpaired) electrons. The Balaban J connectivity index is 0.623. The molecule has 4 aromatic rings. The van der Waals surface area contributed by atoms with Crippen molar-refractivity contribution < 1.29 is 28.7 Å². The van der Waals surface area contributed by atoms with Crippen LogP contribution in [0.4, 0.5) is 10.6 Å². The SMILES string of the molecule is Nc1ncnc2c1c(-c1ccc(Oc3ccccc3)cc1)nn2C1CCCN(C(=O)C=CCN2CCN(CCNC(=O)CCCCCNC(=O)CCCCCNC(=O)CCCCC3SCC4NC(=O)NC43)CC2)C1. The minimum Gasteiger partial charge on any atom is -0.457 e. The normalized spacial score (nSPS) is 20.1. The number of fused-ring (bicyclic) bond motifs is 2. The van der Waals surface area contributed by atoms with Crippen molar-refractivity contribution in [2.24, 2.45) is 0 Å². The summed E-state index contributed by atoms with van der Waals surface area (Å²) in [6.45, 7) is 8.14. The van der Waals surface area contributed by atoms with Crippen molar-refractivity contribution in [3.8, 4) is 22.8 Å². The Labute approximate surface area is 438 Å². The van der Waals surface area contributed by atoms with Gasteiger partial charge in [0.1, 0.15) is 29.3 Å². The number of nitrogens with two attached hydrogens (primary N) is 1. The van der Waals surface area contributed by atoms with Gasteiger partial charge in [0.2, 0.25) is 23.6 Å². The zero-order valence-corrected chi connectivity index (χ0v) is 43.5. The average molecular weight is 1030 g/mol. The molecule has 4 aliphatic heterocycles. The lowest BCUT2D eigenvalue weighted by Gasteiger charge is -2.34. The molecule has 4 fully saturated rings. The number of nitrogens with zero attached hydrogens (tertiary/aromatic N) is 7. The zero-order chi connectivity index (χ0) is 51.5. The van der Waals surface area contributed by atoms with E-state index >= 15 is 0 Å². The second kappa shape index (κ2) is 27.9. The first-order valence-electron chi connectivity index (χ1n) is 26.9. The van der Waals surface area contributed by atoms with Gasteiger partial charge in [0.25, 0.3) is 0 Å². The van der Waals surface area contributed by atoms with Crippen LogP contribution in [0.5, 0.6) is 11.5 Å². The van der Waals surface area contributed by atoms with E-state index in [9.17, 15) is 24.0 Å². The fourth-order valence-electron chi connectivity index (χ4n) is 10.2. The number of nitrogens with one attached hydrogen (secondary N) is 5. The number of benzene rings is 2. The first-order valence-corrected chi connectivity index (χ1v) is 27.9. The topological polar surface area (TPSA) is 234 Å². The lowest BCUT2D eigenvalue weighted by Crippen LogP contribution is -2.48. The Bertz CT molecular complexity index is 2500. The lowest BCUT2D eigenvalue weighted by atomic mass is 10.0. The smallest absolute Gasteiger partial charge is 0.315 e. The van der Waals surface area contributed by atoms with E-state index in [0.717, 1.165) is 120 Å². The maximum Gasteiger partial charge on any atom is 0.315 e. The van der Waals surface area contributed by atoms with E-state index in [1.54, 1.807) is 6.08 Å². The van der Waals surface area contributed by atoms with Gasteiger partial charge < -0.3 is 42.0 Å². The molecule has 4 unspecified atom stereocenters. The first kappa shape index (κ1) is 54.0. The fourth-order valence-corrected chi connectivity index (χ4v) is 11.8. The number of hydrogen-bond donors (Lipinski definition) is 6. The summed E-state index contributed by atoms with van der Waals surface area (Å²) in [4.78, 5) is 77.5. The molecule has 0 saturated carbocycles. The number of unbranched alkanes of at least 4 members (excludes halogenated alkanes) is 5. The average Bonchev–Trinajstić information content (AvgIpc) is 4.12. The molecule has 2 aromatic heterocycles. The number of ether oxygens (including phenoxy) is 1. The number of hydrogen-bond acceptors (Lipinski definition) is 13. The Kier molecular flexibility index (Phi) is 20.3. The molecule has 7 N–H and O–H groups in total. The zero-order valence-electron chi connectivity index (χ0n) is 42.7. The van der Waals surface area contributed by atoms with Gasteiger partial charge in [0.15, 0.2) is 5.65 Å². The number of aromatic nitrogens is 4. The maximum absolute atomic E-state index is 13.5. The molecule has 20 heteroatoms. The van der Waals surface area contributed by atoms with Gasteiger partial charge in [-0.3, -0.25) is 29.0 Å². The third-order valence-corrected chi connectivity index (χ3v) is 15.9. The number of piperazine rings is 1. The minimum atomic E-state index is -0.0697. The van der Waals surface area contributed by atoms with Crippen molar-refractivity contribution >= 4 is 58.3 Å². The molecule has 0 bridgehead atoms. The van der Waals surface area contributed by atoms with E-state index in [4.69, 9.17) is 15.6 Å². The van der Waals surface area contributed by atoms with Gasteiger partial charge in [-0.2, -0.15) is 16.9 Å². The maximum atomic E-state index is 13.5. The molecular formula is C54H75N13O6S. The van der Waals surface area contributed by atoms with Crippen molar-refractivity contribution in [3.05, 3.63) is 73.1 Å². The molecule has 2 aromatic carbocycles. The summed E-state index contributed by atoms with van der Waals surface area (Å²) < 4.78 is 7.92. The predicted octanol–water partition coefficient (Wildman–Crippen LogP) is 5.40. The van der Waals surface area contributed by atoms with Gasteiger partial charge >= 0.3 is 6.03 Å². The molecule has 4 saturated heterocycles. The Morgan fingerprint density at radius 1 is 0.757 bits per heavy atom. The molecule has 4 aliphatic rings. The Hall–Kier alpha value is -6.25. The van der Waals surface area contributed by atoms with Crippen LogP contribution in [0, 0.1) is 0 Å². The van der Waals surface area contributed by atoms with E-state index in [1.165, 1.54) is 6.33 Å².